The van der Waals surface area contributed by atoms with Crippen LogP contribution < -0.4 is 9.30 Å². The van der Waals surface area contributed by atoms with Crippen LogP contribution in [0.2, 0.25) is 0 Å². The van der Waals surface area contributed by atoms with Crippen molar-refractivity contribution in [2.45, 2.75) is 27.7 Å². The van der Waals surface area contributed by atoms with Crippen molar-refractivity contribution in [1.29, 1.82) is 0 Å². The summed E-state index contributed by atoms with van der Waals surface area (Å²) in [5.41, 5.74) is 8.42. The second-order valence-electron chi connectivity index (χ2n) is 7.91. The fraction of sp³-hybridized carbons (Fsp3) is 0.208. The number of furan rings is 2. The molecule has 0 aliphatic carbocycles. The topological polar surface area (TPSA) is 39.4 Å². The van der Waals surface area contributed by atoms with Crippen molar-refractivity contribution in [3.8, 4) is 22.8 Å². The fourth-order valence-electron chi connectivity index (χ4n) is 4.62. The molecule has 3 aromatic heterocycles. The van der Waals surface area contributed by atoms with Crippen molar-refractivity contribution in [3.63, 3.8) is 0 Å². The minimum absolute atomic E-state index is 0.778. The minimum atomic E-state index is 0.778. The Balaban J connectivity index is 1.86. The van der Waals surface area contributed by atoms with Crippen LogP contribution in [-0.4, -0.2) is 0 Å². The average molecular weight is 370 g/mol. The van der Waals surface area contributed by atoms with Gasteiger partial charge >= 0.3 is 0 Å². The molecule has 5 aromatic rings. The summed E-state index contributed by atoms with van der Waals surface area (Å²) in [5.74, 6) is 2.63. The maximum Gasteiger partial charge on any atom is 0.228 e. The number of benzene rings is 2. The van der Waals surface area contributed by atoms with Crippen molar-refractivity contribution in [2.24, 2.45) is 7.05 Å². The molecule has 0 saturated carbocycles. The van der Waals surface area contributed by atoms with Gasteiger partial charge in [-0.05, 0) is 50.5 Å². The summed E-state index contributed by atoms with van der Waals surface area (Å²) < 4.78 is 20.8. The Morgan fingerprint density at radius 3 is 2.50 bits per heavy atom. The predicted molar refractivity (Wildman–Crippen MR) is 109 cm³/mol. The molecule has 0 radical (unpaired) electrons. The average Bonchev–Trinajstić information content (AvgIpc) is 3.18. The maximum absolute atomic E-state index is 6.51. The second kappa shape index (κ2) is 4.96. The van der Waals surface area contributed by atoms with Gasteiger partial charge in [0.15, 0.2) is 17.4 Å². The third-order valence-corrected chi connectivity index (χ3v) is 6.05. The van der Waals surface area contributed by atoms with Crippen LogP contribution in [0.1, 0.15) is 22.5 Å². The van der Waals surface area contributed by atoms with E-state index >= 15 is 0 Å². The summed E-state index contributed by atoms with van der Waals surface area (Å²) in [6.45, 7) is 8.37. The number of fused-ring (bicyclic) bond motifs is 6. The first kappa shape index (κ1) is 15.8. The van der Waals surface area contributed by atoms with E-state index in [1.807, 2.05) is 13.0 Å². The summed E-state index contributed by atoms with van der Waals surface area (Å²) in [6.07, 6.45) is 2.10. The Kier molecular flexibility index (Phi) is 2.79. The first-order valence-corrected chi connectivity index (χ1v) is 9.51. The van der Waals surface area contributed by atoms with Crippen LogP contribution in [0.3, 0.4) is 0 Å². The van der Waals surface area contributed by atoms with Gasteiger partial charge in [0.25, 0.3) is 0 Å². The van der Waals surface area contributed by atoms with Gasteiger partial charge in [0.05, 0.1) is 10.9 Å². The molecular formula is C24H20NO3+. The van der Waals surface area contributed by atoms with Gasteiger partial charge < -0.3 is 13.6 Å². The molecule has 0 amide bonds. The highest BCUT2D eigenvalue weighted by molar-refractivity contribution is 6.18. The lowest BCUT2D eigenvalue weighted by Crippen LogP contribution is -2.32. The van der Waals surface area contributed by atoms with E-state index in [-0.39, 0.29) is 0 Å². The molecule has 4 nitrogen and oxygen atoms in total. The number of pyridine rings is 1. The Morgan fingerprint density at radius 1 is 0.857 bits per heavy atom. The summed E-state index contributed by atoms with van der Waals surface area (Å²) >= 11 is 0. The molecule has 2 aromatic carbocycles. The SMILES string of the molecule is Cc1cc2oc3c4cc[n+](C)c5c4c(cc3c2o1)Oc1c(C)cc(C)c(C)c1-5. The summed E-state index contributed by atoms with van der Waals surface area (Å²) in [5, 5.41) is 3.09. The maximum atomic E-state index is 6.51. The normalized spacial score (nSPS) is 12.8. The van der Waals surface area contributed by atoms with Crippen LogP contribution in [-0.2, 0) is 7.05 Å². The molecule has 1 aliphatic rings. The lowest BCUT2D eigenvalue weighted by Gasteiger charge is -2.23. The van der Waals surface area contributed by atoms with Gasteiger partial charge in [-0.25, -0.2) is 4.57 Å². The van der Waals surface area contributed by atoms with Crippen LogP contribution in [0.4, 0.5) is 0 Å². The molecule has 0 atom stereocenters. The Morgan fingerprint density at radius 2 is 1.68 bits per heavy atom. The molecule has 4 heterocycles. The third-order valence-electron chi connectivity index (χ3n) is 6.05. The molecule has 0 bridgehead atoms. The first-order valence-electron chi connectivity index (χ1n) is 9.51. The predicted octanol–water partition coefficient (Wildman–Crippen LogP) is 6.16. The highest BCUT2D eigenvalue weighted by Gasteiger charge is 2.33. The summed E-state index contributed by atoms with van der Waals surface area (Å²) in [4.78, 5) is 0. The van der Waals surface area contributed by atoms with E-state index in [1.165, 1.54) is 22.4 Å². The van der Waals surface area contributed by atoms with Crippen molar-refractivity contribution >= 4 is 32.9 Å². The number of nitrogens with zero attached hydrogens (tertiary/aromatic N) is 1. The fourth-order valence-corrected chi connectivity index (χ4v) is 4.62. The van der Waals surface area contributed by atoms with Gasteiger partial charge in [-0.1, -0.05) is 6.07 Å². The Bertz CT molecular complexity index is 1480. The molecule has 4 heteroatoms. The standard InChI is InChI=1S/C24H20NO3/c1-11-8-12(2)22-19(14(11)4)21-20-15(6-7-25(21)5)23-16(10-17(20)27-22)24-18(28-23)9-13(3)26-24/h6-10H,1-5H3/q+1. The zero-order chi connectivity index (χ0) is 19.3. The first-order chi connectivity index (χ1) is 13.4. The molecule has 6 rings (SSSR count). The van der Waals surface area contributed by atoms with E-state index in [4.69, 9.17) is 13.6 Å². The number of aromatic nitrogens is 1. The zero-order valence-electron chi connectivity index (χ0n) is 16.6. The van der Waals surface area contributed by atoms with Crippen LogP contribution in [0.15, 0.2) is 39.3 Å². The monoisotopic (exact) mass is 370 g/mol. The van der Waals surface area contributed by atoms with Gasteiger partial charge in [0.1, 0.15) is 35.3 Å². The van der Waals surface area contributed by atoms with Crippen molar-refractivity contribution < 1.29 is 18.1 Å². The molecule has 28 heavy (non-hydrogen) atoms. The number of ether oxygens (including phenoxy) is 1. The molecular weight excluding hydrogens is 350 g/mol. The molecule has 0 unspecified atom stereocenters. The third kappa shape index (κ3) is 1.78. The highest BCUT2D eigenvalue weighted by Crippen LogP contribution is 2.51. The van der Waals surface area contributed by atoms with E-state index in [2.05, 4.69) is 56.8 Å². The van der Waals surface area contributed by atoms with Crippen molar-refractivity contribution in [3.05, 3.63) is 52.9 Å². The molecule has 0 saturated heterocycles. The van der Waals surface area contributed by atoms with Crippen LogP contribution in [0.25, 0.3) is 44.2 Å². The van der Waals surface area contributed by atoms with E-state index in [1.54, 1.807) is 0 Å². The Labute approximate surface area is 161 Å². The summed E-state index contributed by atoms with van der Waals surface area (Å²) in [6, 6.07) is 8.31. The van der Waals surface area contributed by atoms with Crippen LogP contribution >= 0.6 is 0 Å². The van der Waals surface area contributed by atoms with Gasteiger partial charge in [0.2, 0.25) is 5.69 Å². The number of hydrogen-bond acceptors (Lipinski definition) is 3. The van der Waals surface area contributed by atoms with E-state index < -0.39 is 0 Å². The van der Waals surface area contributed by atoms with Gasteiger partial charge in [-0.2, -0.15) is 0 Å². The van der Waals surface area contributed by atoms with E-state index in [0.717, 1.165) is 55.7 Å². The van der Waals surface area contributed by atoms with Gasteiger partial charge in [0, 0.05) is 17.5 Å². The number of aryl methyl sites for hydroxylation is 4. The molecule has 0 N–H and O–H groups in total. The zero-order valence-corrected chi connectivity index (χ0v) is 16.6. The van der Waals surface area contributed by atoms with E-state index in [9.17, 15) is 0 Å². The molecule has 0 spiro atoms. The van der Waals surface area contributed by atoms with Crippen LogP contribution in [0.5, 0.6) is 11.5 Å². The number of hydrogen-bond donors (Lipinski definition) is 0. The van der Waals surface area contributed by atoms with Gasteiger partial charge in [-0.3, -0.25) is 0 Å². The Hall–Kier alpha value is -3.27. The van der Waals surface area contributed by atoms with Crippen LogP contribution in [0, 0.1) is 27.7 Å². The lowest BCUT2D eigenvalue weighted by molar-refractivity contribution is -0.659. The minimum Gasteiger partial charge on any atom is -0.457 e. The second-order valence-corrected chi connectivity index (χ2v) is 7.91. The molecule has 1 aliphatic heterocycles. The molecule has 0 fully saturated rings. The highest BCUT2D eigenvalue weighted by atomic mass is 16.5. The van der Waals surface area contributed by atoms with E-state index in [0.29, 0.717) is 0 Å². The van der Waals surface area contributed by atoms with Crippen molar-refractivity contribution in [2.75, 3.05) is 0 Å². The molecule has 138 valence electrons. The summed E-state index contributed by atoms with van der Waals surface area (Å²) in [7, 11) is 2.09. The number of rotatable bonds is 0. The van der Waals surface area contributed by atoms with Gasteiger partial charge in [-0.15, -0.1) is 0 Å². The largest absolute Gasteiger partial charge is 0.457 e. The van der Waals surface area contributed by atoms with Crippen molar-refractivity contribution in [1.82, 2.24) is 0 Å². The quantitative estimate of drug-likeness (QED) is 0.300. The smallest absolute Gasteiger partial charge is 0.228 e. The lowest BCUT2D eigenvalue weighted by atomic mass is 9.91.